The van der Waals surface area contributed by atoms with Crippen LogP contribution in [0.3, 0.4) is 0 Å². The van der Waals surface area contributed by atoms with Gasteiger partial charge in [0.1, 0.15) is 6.61 Å². The second-order valence-electron chi connectivity index (χ2n) is 9.39. The Morgan fingerprint density at radius 2 is 0.707 bits per heavy atom. The van der Waals surface area contributed by atoms with Crippen molar-refractivity contribution in [3.63, 3.8) is 0 Å². The summed E-state index contributed by atoms with van der Waals surface area (Å²) in [4.78, 5) is 11.7. The van der Waals surface area contributed by atoms with Gasteiger partial charge in [0.25, 0.3) is 0 Å². The number of hydrogen-bond donors (Lipinski definition) is 0. The average Bonchev–Trinajstić information content (AvgIpc) is 2.98. The predicted molar refractivity (Wildman–Crippen MR) is 168 cm³/mol. The van der Waals surface area contributed by atoms with Gasteiger partial charge in [-0.2, -0.15) is 0 Å². The quantitative estimate of drug-likeness (QED) is 0.0383. The van der Waals surface area contributed by atoms with E-state index in [4.69, 9.17) is 42.6 Å². The van der Waals surface area contributed by atoms with E-state index in [1.54, 1.807) is 0 Å². The van der Waals surface area contributed by atoms with Crippen LogP contribution in [0, 0.1) is 0 Å². The number of hydrogen-bond acceptors (Lipinski definition) is 10. The molecule has 11 heteroatoms. The van der Waals surface area contributed by atoms with Crippen LogP contribution in [0.4, 0.5) is 0 Å². The fraction of sp³-hybridized carbons (Fsp3) is 0.967. The molecule has 0 aromatic heterocycles. The maximum absolute atomic E-state index is 11.7. The summed E-state index contributed by atoms with van der Waals surface area (Å²) in [6.07, 6.45) is 11.6. The van der Waals surface area contributed by atoms with Crippen molar-refractivity contribution in [1.82, 2.24) is 0 Å². The smallest absolute Gasteiger partial charge is 0.305 e. The molecule has 0 spiro atoms. The van der Waals surface area contributed by atoms with Crippen LogP contribution < -0.4 is 0 Å². The summed E-state index contributed by atoms with van der Waals surface area (Å²) in [5.74, 6) is -0.132. The normalized spacial score (nSPS) is 11.4. The van der Waals surface area contributed by atoms with E-state index in [1.807, 2.05) is 0 Å². The molecule has 0 unspecified atom stereocenters. The van der Waals surface area contributed by atoms with Gasteiger partial charge in [-0.05, 0) is 6.42 Å². The van der Waals surface area contributed by atoms with Crippen molar-refractivity contribution in [2.75, 3.05) is 117 Å². The first kappa shape index (κ1) is 40.9. The average molecular weight is 707 g/mol. The van der Waals surface area contributed by atoms with Gasteiger partial charge in [-0.25, -0.2) is 0 Å². The van der Waals surface area contributed by atoms with Crippen molar-refractivity contribution >= 4 is 28.6 Å². The third kappa shape index (κ3) is 37.9. The van der Waals surface area contributed by atoms with E-state index in [0.717, 1.165) is 23.9 Å². The fourth-order valence-corrected chi connectivity index (χ4v) is 3.87. The lowest BCUT2D eigenvalue weighted by atomic mass is 10.1. The SMILES string of the molecule is CCCCCCCCCCCC(=O)OCCOCCOCCOCCOCCOCCOCCOCCOCCI. The van der Waals surface area contributed by atoms with Crippen molar-refractivity contribution in [2.24, 2.45) is 0 Å². The molecular formula is C30H59IO10. The van der Waals surface area contributed by atoms with Crippen molar-refractivity contribution in [2.45, 2.75) is 71.1 Å². The summed E-state index contributed by atoms with van der Waals surface area (Å²) >= 11 is 2.28. The number of carbonyl (C=O) groups excluding carboxylic acids is 1. The molecule has 0 aliphatic carbocycles. The Labute approximate surface area is 263 Å². The lowest BCUT2D eigenvalue weighted by molar-refractivity contribution is -0.145. The number of rotatable bonds is 36. The first-order valence-electron chi connectivity index (χ1n) is 15.6. The molecule has 0 aliphatic heterocycles. The molecule has 0 aromatic rings. The van der Waals surface area contributed by atoms with Gasteiger partial charge in [0.15, 0.2) is 0 Å². The molecule has 0 aliphatic rings. The Bertz CT molecular complexity index is 502. The molecule has 246 valence electrons. The van der Waals surface area contributed by atoms with Crippen LogP contribution in [0.5, 0.6) is 0 Å². The maximum Gasteiger partial charge on any atom is 0.305 e. The number of carbonyl (C=O) groups is 1. The van der Waals surface area contributed by atoms with Crippen molar-refractivity contribution in [1.29, 1.82) is 0 Å². The lowest BCUT2D eigenvalue weighted by Gasteiger charge is -2.09. The van der Waals surface area contributed by atoms with Gasteiger partial charge in [0, 0.05) is 10.8 Å². The van der Waals surface area contributed by atoms with E-state index >= 15 is 0 Å². The van der Waals surface area contributed by atoms with Gasteiger partial charge in [-0.3, -0.25) is 4.79 Å². The highest BCUT2D eigenvalue weighted by molar-refractivity contribution is 14.1. The molecule has 0 saturated heterocycles. The Morgan fingerprint density at radius 3 is 1.05 bits per heavy atom. The topological polar surface area (TPSA) is 100 Å². The van der Waals surface area contributed by atoms with E-state index in [-0.39, 0.29) is 5.97 Å². The number of ether oxygens (including phenoxy) is 9. The number of halogens is 1. The summed E-state index contributed by atoms with van der Waals surface area (Å²) in [6.45, 7) is 11.1. The third-order valence-corrected chi connectivity index (χ3v) is 6.24. The lowest BCUT2D eigenvalue weighted by Crippen LogP contribution is -2.15. The minimum absolute atomic E-state index is 0.132. The fourth-order valence-electron chi connectivity index (χ4n) is 3.56. The maximum atomic E-state index is 11.7. The third-order valence-electron chi connectivity index (χ3n) is 5.80. The van der Waals surface area contributed by atoms with Gasteiger partial charge in [-0.1, -0.05) is 80.9 Å². The molecule has 0 heterocycles. The second-order valence-corrected chi connectivity index (χ2v) is 10.5. The van der Waals surface area contributed by atoms with Crippen molar-refractivity contribution in [3.8, 4) is 0 Å². The molecular weight excluding hydrogens is 647 g/mol. The minimum atomic E-state index is -0.132. The summed E-state index contributed by atoms with van der Waals surface area (Å²) < 4.78 is 49.6. The molecule has 10 nitrogen and oxygen atoms in total. The highest BCUT2D eigenvalue weighted by Gasteiger charge is 2.03. The Hall–Kier alpha value is -0.120. The number of unbranched alkanes of at least 4 members (excludes halogenated alkanes) is 8. The second kappa shape index (κ2) is 37.9. The highest BCUT2D eigenvalue weighted by Crippen LogP contribution is 2.10. The van der Waals surface area contributed by atoms with Crippen molar-refractivity contribution < 1.29 is 47.4 Å². The van der Waals surface area contributed by atoms with Crippen LogP contribution in [-0.4, -0.2) is 123 Å². The largest absolute Gasteiger partial charge is 0.463 e. The predicted octanol–water partition coefficient (Wildman–Crippen LogP) is 5.02. The zero-order valence-electron chi connectivity index (χ0n) is 25.8. The van der Waals surface area contributed by atoms with Crippen LogP contribution in [0.1, 0.15) is 71.1 Å². The van der Waals surface area contributed by atoms with E-state index in [0.29, 0.717) is 112 Å². The Kier molecular flexibility index (Phi) is 37.8. The molecule has 0 atom stereocenters. The summed E-state index contributed by atoms with van der Waals surface area (Å²) in [5.41, 5.74) is 0. The molecule has 0 radical (unpaired) electrons. The highest BCUT2D eigenvalue weighted by atomic mass is 127. The number of esters is 1. The van der Waals surface area contributed by atoms with E-state index in [1.165, 1.54) is 44.9 Å². The van der Waals surface area contributed by atoms with E-state index < -0.39 is 0 Å². The summed E-state index contributed by atoms with van der Waals surface area (Å²) in [5, 5.41) is 0. The molecule has 0 aromatic carbocycles. The van der Waals surface area contributed by atoms with E-state index in [2.05, 4.69) is 29.5 Å². The van der Waals surface area contributed by atoms with Crippen LogP contribution >= 0.6 is 22.6 Å². The molecule has 0 fully saturated rings. The van der Waals surface area contributed by atoms with Crippen LogP contribution in [-0.2, 0) is 47.4 Å². The first-order valence-corrected chi connectivity index (χ1v) is 17.2. The van der Waals surface area contributed by atoms with Crippen LogP contribution in [0.25, 0.3) is 0 Å². The summed E-state index contributed by atoms with van der Waals surface area (Å²) in [7, 11) is 0. The van der Waals surface area contributed by atoms with Gasteiger partial charge >= 0.3 is 5.97 Å². The molecule has 41 heavy (non-hydrogen) atoms. The first-order chi connectivity index (χ1) is 20.3. The van der Waals surface area contributed by atoms with Crippen molar-refractivity contribution in [3.05, 3.63) is 0 Å². The molecule has 0 amide bonds. The van der Waals surface area contributed by atoms with E-state index in [9.17, 15) is 4.79 Å². The monoisotopic (exact) mass is 706 g/mol. The van der Waals surface area contributed by atoms with Crippen LogP contribution in [0.15, 0.2) is 0 Å². The molecule has 0 rings (SSSR count). The Balaban J connectivity index is 3.11. The zero-order chi connectivity index (χ0) is 29.7. The summed E-state index contributed by atoms with van der Waals surface area (Å²) in [6, 6.07) is 0. The van der Waals surface area contributed by atoms with Gasteiger partial charge < -0.3 is 42.6 Å². The standard InChI is InChI=1S/C30H59IO10/c1-2-3-4-5-6-7-8-9-10-11-30(32)41-29-28-40-27-26-39-25-24-38-23-22-37-21-20-36-19-18-35-17-16-34-15-14-33-13-12-31/h2-29H2,1H3. The number of alkyl halides is 1. The minimum Gasteiger partial charge on any atom is -0.463 e. The molecule has 0 N–H and O–H groups in total. The van der Waals surface area contributed by atoms with Gasteiger partial charge in [-0.15, -0.1) is 0 Å². The van der Waals surface area contributed by atoms with Gasteiger partial charge in [0.2, 0.25) is 0 Å². The molecule has 0 bridgehead atoms. The Morgan fingerprint density at radius 1 is 0.415 bits per heavy atom. The van der Waals surface area contributed by atoms with Crippen LogP contribution in [0.2, 0.25) is 0 Å². The van der Waals surface area contributed by atoms with Gasteiger partial charge in [0.05, 0.1) is 106 Å². The zero-order valence-corrected chi connectivity index (χ0v) is 27.9. The molecule has 0 saturated carbocycles.